The Morgan fingerprint density at radius 1 is 0.812 bits per heavy atom. The zero-order valence-corrected chi connectivity index (χ0v) is 19.0. The number of hydrogen-bond donors (Lipinski definition) is 0. The third-order valence-electron chi connectivity index (χ3n) is 5.75. The van der Waals surface area contributed by atoms with E-state index in [0.717, 1.165) is 47.5 Å². The fraction of sp³-hybridized carbons (Fsp3) is 0.200. The van der Waals surface area contributed by atoms with Gasteiger partial charge >= 0.3 is 0 Å². The van der Waals surface area contributed by atoms with Crippen LogP contribution < -0.4 is 4.90 Å². The van der Waals surface area contributed by atoms with Crippen LogP contribution in [0.2, 0.25) is 0 Å². The van der Waals surface area contributed by atoms with Gasteiger partial charge in [0.25, 0.3) is 0 Å². The number of aromatic nitrogens is 2. The second kappa shape index (κ2) is 9.22. The molecular formula is C25H22BrFN4O. The highest BCUT2D eigenvalue weighted by Crippen LogP contribution is 2.32. The van der Waals surface area contributed by atoms with E-state index in [1.807, 2.05) is 54.6 Å². The van der Waals surface area contributed by atoms with Crippen LogP contribution >= 0.6 is 15.9 Å². The lowest BCUT2D eigenvalue weighted by molar-refractivity contribution is 0.188. The number of halogens is 2. The summed E-state index contributed by atoms with van der Waals surface area (Å²) in [4.78, 5) is 4.64. The maximum absolute atomic E-state index is 13.3. The standard InChI is InChI=1S/C25H22BrFN4O/c26-20-8-6-18(7-9-20)23(25-29-28-24(32-25)19-4-2-1-3-5-19)31-16-14-30(15-17-31)22-12-10-21(27)11-13-22/h1-13,23H,14-17H2/t23-/m1/s1. The minimum Gasteiger partial charge on any atom is -0.419 e. The molecule has 1 atom stereocenters. The monoisotopic (exact) mass is 492 g/mol. The molecule has 2 heterocycles. The molecule has 162 valence electrons. The van der Waals surface area contributed by atoms with Gasteiger partial charge in [0, 0.05) is 41.9 Å². The molecule has 1 fully saturated rings. The topological polar surface area (TPSA) is 45.4 Å². The van der Waals surface area contributed by atoms with Crippen molar-refractivity contribution in [2.45, 2.75) is 6.04 Å². The Balaban J connectivity index is 1.41. The molecule has 3 aromatic carbocycles. The maximum Gasteiger partial charge on any atom is 0.247 e. The summed E-state index contributed by atoms with van der Waals surface area (Å²) in [5, 5.41) is 8.75. The molecule has 0 spiro atoms. The van der Waals surface area contributed by atoms with E-state index in [-0.39, 0.29) is 11.9 Å². The van der Waals surface area contributed by atoms with Crippen molar-refractivity contribution in [2.75, 3.05) is 31.1 Å². The molecule has 0 N–H and O–H groups in total. The molecule has 5 rings (SSSR count). The van der Waals surface area contributed by atoms with Gasteiger partial charge in [-0.05, 0) is 54.1 Å². The molecule has 1 aromatic heterocycles. The van der Waals surface area contributed by atoms with Gasteiger partial charge in [-0.15, -0.1) is 10.2 Å². The van der Waals surface area contributed by atoms with Crippen LogP contribution in [0, 0.1) is 5.82 Å². The fourth-order valence-corrected chi connectivity index (χ4v) is 4.35. The summed E-state index contributed by atoms with van der Waals surface area (Å²) in [6.45, 7) is 3.30. The van der Waals surface area contributed by atoms with Gasteiger partial charge in [-0.3, -0.25) is 4.90 Å². The van der Waals surface area contributed by atoms with Gasteiger partial charge in [0.05, 0.1) is 0 Å². The Morgan fingerprint density at radius 3 is 2.19 bits per heavy atom. The average molecular weight is 493 g/mol. The van der Waals surface area contributed by atoms with Crippen LogP contribution in [-0.2, 0) is 0 Å². The highest BCUT2D eigenvalue weighted by molar-refractivity contribution is 9.10. The molecule has 0 radical (unpaired) electrons. The third kappa shape index (κ3) is 4.45. The Kier molecular flexibility index (Phi) is 6.01. The summed E-state index contributed by atoms with van der Waals surface area (Å²) in [5.74, 6) is 0.891. The van der Waals surface area contributed by atoms with Crippen molar-refractivity contribution < 1.29 is 8.81 Å². The Hall–Kier alpha value is -3.03. The first-order valence-electron chi connectivity index (χ1n) is 10.6. The van der Waals surface area contributed by atoms with Crippen molar-refractivity contribution in [1.82, 2.24) is 15.1 Å². The molecule has 7 heteroatoms. The van der Waals surface area contributed by atoms with Gasteiger partial charge in [0.2, 0.25) is 11.8 Å². The van der Waals surface area contributed by atoms with Gasteiger partial charge < -0.3 is 9.32 Å². The number of hydrogen-bond acceptors (Lipinski definition) is 5. The van der Waals surface area contributed by atoms with Crippen LogP contribution in [0.1, 0.15) is 17.5 Å². The first kappa shape index (κ1) is 20.8. The van der Waals surface area contributed by atoms with E-state index in [2.05, 4.69) is 48.1 Å². The number of piperazine rings is 1. The summed E-state index contributed by atoms with van der Waals surface area (Å²) < 4.78 is 20.5. The lowest BCUT2D eigenvalue weighted by Crippen LogP contribution is -2.48. The molecule has 0 aliphatic carbocycles. The Labute approximate surface area is 194 Å². The molecule has 32 heavy (non-hydrogen) atoms. The summed E-state index contributed by atoms with van der Waals surface area (Å²) in [6, 6.07) is 24.6. The number of nitrogens with zero attached hydrogens (tertiary/aromatic N) is 4. The quantitative estimate of drug-likeness (QED) is 0.365. The summed E-state index contributed by atoms with van der Waals surface area (Å²) in [6.07, 6.45) is 0. The largest absolute Gasteiger partial charge is 0.419 e. The highest BCUT2D eigenvalue weighted by atomic mass is 79.9. The van der Waals surface area contributed by atoms with Crippen molar-refractivity contribution in [3.63, 3.8) is 0 Å². The molecule has 0 saturated carbocycles. The molecule has 1 aliphatic heterocycles. The lowest BCUT2D eigenvalue weighted by atomic mass is 10.0. The molecule has 0 bridgehead atoms. The molecule has 0 amide bonds. The lowest BCUT2D eigenvalue weighted by Gasteiger charge is -2.39. The smallest absolute Gasteiger partial charge is 0.247 e. The molecule has 5 nitrogen and oxygen atoms in total. The summed E-state index contributed by atoms with van der Waals surface area (Å²) >= 11 is 3.52. The van der Waals surface area contributed by atoms with Gasteiger partial charge in [-0.2, -0.15) is 0 Å². The van der Waals surface area contributed by atoms with Crippen LogP contribution in [0.25, 0.3) is 11.5 Å². The van der Waals surface area contributed by atoms with Crippen LogP contribution in [0.15, 0.2) is 87.8 Å². The van der Waals surface area contributed by atoms with Crippen LogP contribution in [-0.4, -0.2) is 41.3 Å². The van der Waals surface area contributed by atoms with Crippen molar-refractivity contribution in [3.05, 3.63) is 101 Å². The maximum atomic E-state index is 13.3. The predicted molar refractivity (Wildman–Crippen MR) is 126 cm³/mol. The summed E-state index contributed by atoms with van der Waals surface area (Å²) in [7, 11) is 0. The first-order chi connectivity index (χ1) is 15.7. The number of benzene rings is 3. The van der Waals surface area contributed by atoms with Crippen molar-refractivity contribution in [1.29, 1.82) is 0 Å². The van der Waals surface area contributed by atoms with E-state index in [9.17, 15) is 4.39 Å². The second-order valence-electron chi connectivity index (χ2n) is 7.76. The van der Waals surface area contributed by atoms with Gasteiger partial charge in [0.15, 0.2) is 0 Å². The SMILES string of the molecule is Fc1ccc(N2CCN([C@H](c3ccc(Br)cc3)c3nnc(-c4ccccc4)o3)CC2)cc1. The minimum absolute atomic E-state index is 0.136. The van der Waals surface area contributed by atoms with Crippen LogP contribution in [0.3, 0.4) is 0 Å². The van der Waals surface area contributed by atoms with Crippen LogP contribution in [0.5, 0.6) is 0 Å². The second-order valence-corrected chi connectivity index (χ2v) is 8.68. The molecule has 4 aromatic rings. The van der Waals surface area contributed by atoms with E-state index in [4.69, 9.17) is 4.42 Å². The van der Waals surface area contributed by atoms with Gasteiger partial charge in [0.1, 0.15) is 11.9 Å². The van der Waals surface area contributed by atoms with Crippen molar-refractivity contribution in [2.24, 2.45) is 0 Å². The first-order valence-corrected chi connectivity index (χ1v) is 11.4. The highest BCUT2D eigenvalue weighted by Gasteiger charge is 2.30. The predicted octanol–water partition coefficient (Wildman–Crippen LogP) is 5.55. The molecule has 1 saturated heterocycles. The van der Waals surface area contributed by atoms with Gasteiger partial charge in [-0.1, -0.05) is 46.3 Å². The van der Waals surface area contributed by atoms with E-state index < -0.39 is 0 Å². The van der Waals surface area contributed by atoms with E-state index in [1.165, 1.54) is 12.1 Å². The zero-order chi connectivity index (χ0) is 21.9. The van der Waals surface area contributed by atoms with Crippen molar-refractivity contribution >= 4 is 21.6 Å². The Morgan fingerprint density at radius 2 is 1.50 bits per heavy atom. The minimum atomic E-state index is -0.215. The van der Waals surface area contributed by atoms with Gasteiger partial charge in [-0.25, -0.2) is 4.39 Å². The Bertz CT molecular complexity index is 1160. The van der Waals surface area contributed by atoms with E-state index in [1.54, 1.807) is 0 Å². The zero-order valence-electron chi connectivity index (χ0n) is 17.4. The summed E-state index contributed by atoms with van der Waals surface area (Å²) in [5.41, 5.74) is 3.05. The molecule has 0 unspecified atom stereocenters. The molecule has 1 aliphatic rings. The average Bonchev–Trinajstić information content (AvgIpc) is 3.32. The van der Waals surface area contributed by atoms with Crippen LogP contribution in [0.4, 0.5) is 10.1 Å². The number of rotatable bonds is 5. The molecular weight excluding hydrogens is 471 g/mol. The van der Waals surface area contributed by atoms with E-state index >= 15 is 0 Å². The fourth-order valence-electron chi connectivity index (χ4n) is 4.09. The number of anilines is 1. The normalized spacial score (nSPS) is 15.6. The van der Waals surface area contributed by atoms with E-state index in [0.29, 0.717) is 11.8 Å². The third-order valence-corrected chi connectivity index (χ3v) is 6.28. The van der Waals surface area contributed by atoms with Crippen molar-refractivity contribution in [3.8, 4) is 11.5 Å².